The summed E-state index contributed by atoms with van der Waals surface area (Å²) in [5.41, 5.74) is 5.22. The van der Waals surface area contributed by atoms with Crippen molar-refractivity contribution < 1.29 is 9.84 Å². The predicted octanol–water partition coefficient (Wildman–Crippen LogP) is 3.67. The minimum absolute atomic E-state index is 0.227. The second-order valence-corrected chi connectivity index (χ2v) is 7.22. The number of aromatic nitrogens is 2. The Balaban J connectivity index is 1.95. The van der Waals surface area contributed by atoms with Crippen molar-refractivity contribution in [1.29, 1.82) is 0 Å². The van der Waals surface area contributed by atoms with E-state index in [2.05, 4.69) is 6.07 Å². The van der Waals surface area contributed by atoms with Crippen LogP contribution >= 0.6 is 0 Å². The quantitative estimate of drug-likeness (QED) is 0.732. The fraction of sp³-hybridized carbons (Fsp3) is 0.400. The van der Waals surface area contributed by atoms with Crippen molar-refractivity contribution in [3.05, 3.63) is 41.5 Å². The number of methoxy groups -OCH3 is 1. The molecule has 1 aliphatic carbocycles. The highest BCUT2D eigenvalue weighted by atomic mass is 16.5. The Morgan fingerprint density at radius 2 is 1.83 bits per heavy atom. The Hall–Kier alpha value is -2.20. The first-order chi connectivity index (χ1) is 11.5. The Kier molecular flexibility index (Phi) is 3.46. The van der Waals surface area contributed by atoms with Crippen molar-refractivity contribution in [3.8, 4) is 5.75 Å². The van der Waals surface area contributed by atoms with E-state index >= 15 is 0 Å². The van der Waals surface area contributed by atoms with E-state index in [1.165, 1.54) is 11.1 Å². The van der Waals surface area contributed by atoms with Crippen LogP contribution in [0.4, 0.5) is 0 Å². The number of fused-ring (bicyclic) bond motifs is 3. The summed E-state index contributed by atoms with van der Waals surface area (Å²) in [4.78, 5) is 9.56. The smallest absolute Gasteiger partial charge is 0.150 e. The van der Waals surface area contributed by atoms with Crippen LogP contribution in [-0.4, -0.2) is 27.8 Å². The first-order valence-corrected chi connectivity index (χ1v) is 8.45. The third-order valence-corrected chi connectivity index (χ3v) is 5.20. The van der Waals surface area contributed by atoms with Gasteiger partial charge in [-0.2, -0.15) is 0 Å². The van der Waals surface area contributed by atoms with Crippen molar-refractivity contribution in [2.75, 3.05) is 7.11 Å². The maximum absolute atomic E-state index is 10.4. The molecule has 3 aromatic rings. The van der Waals surface area contributed by atoms with Gasteiger partial charge in [0.2, 0.25) is 0 Å². The van der Waals surface area contributed by atoms with Gasteiger partial charge in [-0.15, -0.1) is 0 Å². The zero-order chi connectivity index (χ0) is 16.9. The molecule has 0 amide bonds. The molecule has 124 valence electrons. The van der Waals surface area contributed by atoms with Gasteiger partial charge in [-0.1, -0.05) is 12.1 Å². The number of nitrogens with zero attached hydrogens (tertiary/aromatic N) is 2. The topological polar surface area (TPSA) is 55.2 Å². The summed E-state index contributed by atoms with van der Waals surface area (Å²) < 4.78 is 5.75. The number of para-hydroxylation sites is 2. The van der Waals surface area contributed by atoms with Crippen molar-refractivity contribution in [3.63, 3.8) is 0 Å². The summed E-state index contributed by atoms with van der Waals surface area (Å²) in [5.74, 6) is 1.04. The molecule has 0 fully saturated rings. The summed E-state index contributed by atoms with van der Waals surface area (Å²) in [6.07, 6.45) is 2.73. The Morgan fingerprint density at radius 3 is 2.50 bits per heavy atom. The summed E-state index contributed by atoms with van der Waals surface area (Å²) >= 11 is 0. The molecule has 4 nitrogen and oxygen atoms in total. The number of rotatable bonds is 2. The SMILES string of the molecule is COc1c2c(cc3nc4ccccc4nc13)CCC(C(C)(C)O)C2. The molecule has 1 unspecified atom stereocenters. The van der Waals surface area contributed by atoms with Gasteiger partial charge in [0.15, 0.2) is 0 Å². The Morgan fingerprint density at radius 1 is 1.12 bits per heavy atom. The van der Waals surface area contributed by atoms with Gasteiger partial charge in [0, 0.05) is 5.56 Å². The van der Waals surface area contributed by atoms with Gasteiger partial charge in [-0.3, -0.25) is 0 Å². The molecule has 1 aliphatic rings. The summed E-state index contributed by atoms with van der Waals surface area (Å²) in [6.45, 7) is 3.78. The molecule has 0 bridgehead atoms. The minimum atomic E-state index is -0.688. The third-order valence-electron chi connectivity index (χ3n) is 5.20. The first-order valence-electron chi connectivity index (χ1n) is 8.45. The monoisotopic (exact) mass is 322 g/mol. The van der Waals surface area contributed by atoms with Crippen molar-refractivity contribution >= 4 is 22.1 Å². The van der Waals surface area contributed by atoms with E-state index in [9.17, 15) is 5.11 Å². The lowest BCUT2D eigenvalue weighted by atomic mass is 9.75. The van der Waals surface area contributed by atoms with Crippen molar-refractivity contribution in [2.24, 2.45) is 5.92 Å². The van der Waals surface area contributed by atoms with Gasteiger partial charge in [-0.25, -0.2) is 9.97 Å². The highest BCUT2D eigenvalue weighted by Crippen LogP contribution is 2.40. The fourth-order valence-corrected chi connectivity index (χ4v) is 3.77. The van der Waals surface area contributed by atoms with Gasteiger partial charge >= 0.3 is 0 Å². The molecule has 0 radical (unpaired) electrons. The highest BCUT2D eigenvalue weighted by Gasteiger charge is 2.32. The number of aryl methyl sites for hydroxylation is 1. The minimum Gasteiger partial charge on any atom is -0.494 e. The van der Waals surface area contributed by atoms with Crippen molar-refractivity contribution in [2.45, 2.75) is 38.7 Å². The van der Waals surface area contributed by atoms with Crippen LogP contribution in [0.2, 0.25) is 0 Å². The lowest BCUT2D eigenvalue weighted by Gasteiger charge is -2.34. The average molecular weight is 322 g/mol. The Labute approximate surface area is 141 Å². The van der Waals surface area contributed by atoms with Gasteiger partial charge in [0.1, 0.15) is 11.3 Å². The molecule has 1 atom stereocenters. The molecule has 24 heavy (non-hydrogen) atoms. The zero-order valence-electron chi connectivity index (χ0n) is 14.3. The second-order valence-electron chi connectivity index (χ2n) is 7.22. The maximum atomic E-state index is 10.4. The molecule has 1 N–H and O–H groups in total. The summed E-state index contributed by atoms with van der Waals surface area (Å²) in [5, 5.41) is 10.4. The number of hydrogen-bond donors (Lipinski definition) is 1. The molecular formula is C20H22N2O2. The van der Waals surface area contributed by atoms with Gasteiger partial charge < -0.3 is 9.84 Å². The van der Waals surface area contributed by atoms with E-state index < -0.39 is 5.60 Å². The number of aliphatic hydroxyl groups is 1. The molecule has 1 heterocycles. The molecule has 4 rings (SSSR count). The van der Waals surface area contributed by atoms with Crippen LogP contribution in [0, 0.1) is 5.92 Å². The van der Waals surface area contributed by atoms with E-state index in [1.807, 2.05) is 38.1 Å². The normalized spacial score (nSPS) is 17.9. The molecule has 0 saturated heterocycles. The summed E-state index contributed by atoms with van der Waals surface area (Å²) in [7, 11) is 1.69. The molecule has 0 saturated carbocycles. The van der Waals surface area contributed by atoms with Crippen LogP contribution in [0.25, 0.3) is 22.1 Å². The van der Waals surface area contributed by atoms with Gasteiger partial charge in [0.05, 0.1) is 29.3 Å². The molecule has 1 aromatic heterocycles. The van der Waals surface area contributed by atoms with Crippen LogP contribution in [-0.2, 0) is 12.8 Å². The van der Waals surface area contributed by atoms with Crippen LogP contribution < -0.4 is 4.74 Å². The van der Waals surface area contributed by atoms with Crippen molar-refractivity contribution in [1.82, 2.24) is 9.97 Å². The first kappa shape index (κ1) is 15.3. The molecule has 2 aromatic carbocycles. The second kappa shape index (κ2) is 5.42. The zero-order valence-corrected chi connectivity index (χ0v) is 14.3. The average Bonchev–Trinajstić information content (AvgIpc) is 2.56. The lowest BCUT2D eigenvalue weighted by molar-refractivity contribution is 0.0108. The predicted molar refractivity (Wildman–Crippen MR) is 95.4 cm³/mol. The lowest BCUT2D eigenvalue weighted by Crippen LogP contribution is -2.35. The highest BCUT2D eigenvalue weighted by molar-refractivity contribution is 5.91. The van der Waals surface area contributed by atoms with Crippen LogP contribution in [0.15, 0.2) is 30.3 Å². The molecular weight excluding hydrogens is 300 g/mol. The molecule has 4 heteroatoms. The van der Waals surface area contributed by atoms with Crippen LogP contribution in [0.1, 0.15) is 31.4 Å². The molecule has 0 spiro atoms. The summed E-state index contributed by atoms with van der Waals surface area (Å²) in [6, 6.07) is 10.1. The number of hydrogen-bond acceptors (Lipinski definition) is 4. The van der Waals surface area contributed by atoms with Crippen LogP contribution in [0.3, 0.4) is 0 Å². The Bertz CT molecular complexity index is 928. The maximum Gasteiger partial charge on any atom is 0.150 e. The molecule has 0 aliphatic heterocycles. The fourth-order valence-electron chi connectivity index (χ4n) is 3.77. The van der Waals surface area contributed by atoms with E-state index in [0.717, 1.165) is 47.1 Å². The van der Waals surface area contributed by atoms with E-state index in [4.69, 9.17) is 14.7 Å². The number of ether oxygens (including phenoxy) is 1. The van der Waals surface area contributed by atoms with E-state index in [0.29, 0.717) is 0 Å². The standard InChI is InChI=1S/C20H22N2O2/c1-20(2,23)13-9-8-12-10-17-18(19(24-3)14(12)11-13)22-16-7-5-4-6-15(16)21-17/h4-7,10,13,23H,8-9,11H2,1-3H3. The van der Waals surface area contributed by atoms with E-state index in [-0.39, 0.29) is 5.92 Å². The number of benzene rings is 2. The van der Waals surface area contributed by atoms with E-state index in [1.54, 1.807) is 7.11 Å². The largest absolute Gasteiger partial charge is 0.494 e. The van der Waals surface area contributed by atoms with Crippen LogP contribution in [0.5, 0.6) is 5.75 Å². The van der Waals surface area contributed by atoms with Gasteiger partial charge in [0.25, 0.3) is 0 Å². The third kappa shape index (κ3) is 2.42. The van der Waals surface area contributed by atoms with Gasteiger partial charge in [-0.05, 0) is 62.8 Å².